The van der Waals surface area contributed by atoms with Gasteiger partial charge in [-0.25, -0.2) is 4.39 Å². The largest absolute Gasteiger partial charge is 0.573 e. The summed E-state index contributed by atoms with van der Waals surface area (Å²) in [6.45, 7) is 0. The summed E-state index contributed by atoms with van der Waals surface area (Å²) < 4.78 is 60.7. The molecular weight excluding hydrogens is 502 g/mol. The first-order valence-electron chi connectivity index (χ1n) is 10.9. The summed E-state index contributed by atoms with van der Waals surface area (Å²) in [7, 11) is 1.14. The molecule has 8 nitrogen and oxygen atoms in total. The van der Waals surface area contributed by atoms with Gasteiger partial charge in [0.25, 0.3) is 5.91 Å². The smallest absolute Gasteiger partial charge is 0.406 e. The van der Waals surface area contributed by atoms with E-state index in [-0.39, 0.29) is 5.13 Å². The fourth-order valence-electron chi connectivity index (χ4n) is 3.88. The fraction of sp³-hybridized carbons (Fsp3) is 0.348. The van der Waals surface area contributed by atoms with Crippen molar-refractivity contribution < 1.29 is 31.8 Å². The van der Waals surface area contributed by atoms with Crippen molar-refractivity contribution in [2.45, 2.75) is 38.1 Å². The molecule has 190 valence electrons. The van der Waals surface area contributed by atoms with Crippen LogP contribution in [0, 0.1) is 11.7 Å². The molecule has 0 radical (unpaired) electrons. The second-order valence-electron chi connectivity index (χ2n) is 8.02. The van der Waals surface area contributed by atoms with Gasteiger partial charge in [0, 0.05) is 25.3 Å². The highest BCUT2D eigenvalue weighted by atomic mass is 32.1. The SMILES string of the molecule is CO[C@@H](C(=O)Nc1nnc(C[C@H]2CC=C(c3cccnn3)CC2)s1)c1cc(OC(F)(F)F)ccc1F. The summed E-state index contributed by atoms with van der Waals surface area (Å²) in [5.74, 6) is -2.05. The molecule has 2 heterocycles. The maximum absolute atomic E-state index is 14.3. The number of hydrogen-bond donors (Lipinski definition) is 1. The van der Waals surface area contributed by atoms with E-state index in [0.29, 0.717) is 17.3 Å². The second-order valence-corrected chi connectivity index (χ2v) is 9.08. The first-order valence-corrected chi connectivity index (χ1v) is 11.7. The van der Waals surface area contributed by atoms with E-state index in [1.807, 2.05) is 12.1 Å². The first kappa shape index (κ1) is 25.6. The van der Waals surface area contributed by atoms with Crippen LogP contribution in [0.15, 0.2) is 42.6 Å². The van der Waals surface area contributed by atoms with Crippen molar-refractivity contribution in [1.82, 2.24) is 20.4 Å². The first-order chi connectivity index (χ1) is 17.2. The Morgan fingerprint density at radius 3 is 2.75 bits per heavy atom. The van der Waals surface area contributed by atoms with Gasteiger partial charge in [0.2, 0.25) is 5.13 Å². The lowest BCUT2D eigenvalue weighted by atomic mass is 9.86. The van der Waals surface area contributed by atoms with Gasteiger partial charge in [0.1, 0.15) is 16.6 Å². The third-order valence-electron chi connectivity index (χ3n) is 5.54. The van der Waals surface area contributed by atoms with Crippen LogP contribution >= 0.6 is 11.3 Å². The minimum Gasteiger partial charge on any atom is -0.406 e. The number of nitrogens with zero attached hydrogens (tertiary/aromatic N) is 4. The van der Waals surface area contributed by atoms with Crippen molar-refractivity contribution >= 4 is 27.9 Å². The Morgan fingerprint density at radius 2 is 2.08 bits per heavy atom. The van der Waals surface area contributed by atoms with Crippen LogP contribution in [0.25, 0.3) is 5.57 Å². The predicted molar refractivity (Wildman–Crippen MR) is 122 cm³/mol. The minimum atomic E-state index is -4.96. The van der Waals surface area contributed by atoms with E-state index in [2.05, 4.69) is 36.5 Å². The van der Waals surface area contributed by atoms with E-state index in [1.54, 1.807) is 6.20 Å². The molecule has 2 atom stereocenters. The standard InChI is InChI=1S/C23H21F4N5O3S/c1-34-20(16-12-15(8-9-17(16)24)35-23(25,26)27)21(33)29-22-32-31-19(36-22)11-13-4-6-14(7-5-13)18-3-2-10-28-30-18/h2-3,6,8-10,12-13,20H,4-5,7,11H2,1H3,(H,29,32,33)/t13-,20+/m0/s1. The highest BCUT2D eigenvalue weighted by molar-refractivity contribution is 7.15. The lowest BCUT2D eigenvalue weighted by Crippen LogP contribution is -2.24. The third-order valence-corrected chi connectivity index (χ3v) is 6.40. The number of aromatic nitrogens is 4. The van der Waals surface area contributed by atoms with Gasteiger partial charge in [0.15, 0.2) is 6.10 Å². The van der Waals surface area contributed by atoms with Crippen molar-refractivity contribution in [3.8, 4) is 5.75 Å². The minimum absolute atomic E-state index is 0.173. The second kappa shape index (κ2) is 11.1. The molecule has 36 heavy (non-hydrogen) atoms. The van der Waals surface area contributed by atoms with Crippen LogP contribution in [0.3, 0.4) is 0 Å². The van der Waals surface area contributed by atoms with Crippen molar-refractivity contribution in [3.63, 3.8) is 0 Å². The number of nitrogens with one attached hydrogen (secondary N) is 1. The van der Waals surface area contributed by atoms with Crippen LogP contribution < -0.4 is 10.1 Å². The Balaban J connectivity index is 1.38. The molecule has 2 aromatic heterocycles. The predicted octanol–water partition coefficient (Wildman–Crippen LogP) is 5.12. The Labute approximate surface area is 207 Å². The maximum atomic E-state index is 14.3. The van der Waals surface area contributed by atoms with E-state index in [4.69, 9.17) is 4.74 Å². The molecule has 0 aliphatic heterocycles. The summed E-state index contributed by atoms with van der Waals surface area (Å²) in [6.07, 6.45) is 0.592. The van der Waals surface area contributed by atoms with Crippen LogP contribution in [-0.4, -0.2) is 39.8 Å². The number of amides is 1. The van der Waals surface area contributed by atoms with Crippen molar-refractivity contribution in [1.29, 1.82) is 0 Å². The van der Waals surface area contributed by atoms with Gasteiger partial charge in [-0.1, -0.05) is 17.4 Å². The number of hydrogen-bond acceptors (Lipinski definition) is 8. The zero-order valence-electron chi connectivity index (χ0n) is 19.0. The average molecular weight is 524 g/mol. The van der Waals surface area contributed by atoms with Crippen molar-refractivity contribution in [3.05, 3.63) is 64.7 Å². The molecule has 3 aromatic rings. The Morgan fingerprint density at radius 1 is 1.25 bits per heavy atom. The molecule has 1 N–H and O–H groups in total. The fourth-order valence-corrected chi connectivity index (χ4v) is 4.74. The molecule has 0 fully saturated rings. The average Bonchev–Trinajstić information content (AvgIpc) is 3.28. The normalized spacial score (nSPS) is 16.8. The number of rotatable bonds is 8. The van der Waals surface area contributed by atoms with E-state index >= 15 is 0 Å². The van der Waals surface area contributed by atoms with Crippen LogP contribution in [0.5, 0.6) is 5.75 Å². The van der Waals surface area contributed by atoms with Crippen molar-refractivity contribution in [2.24, 2.45) is 5.92 Å². The number of anilines is 1. The summed E-state index contributed by atoms with van der Waals surface area (Å²) in [5.41, 5.74) is 1.62. The van der Waals surface area contributed by atoms with E-state index in [9.17, 15) is 22.4 Å². The molecule has 0 saturated heterocycles. The molecule has 13 heteroatoms. The molecule has 0 unspecified atom stereocenters. The molecule has 1 aliphatic rings. The zero-order valence-corrected chi connectivity index (χ0v) is 19.8. The monoisotopic (exact) mass is 523 g/mol. The molecule has 1 amide bonds. The highest BCUT2D eigenvalue weighted by Crippen LogP contribution is 2.33. The zero-order chi connectivity index (χ0) is 25.7. The third kappa shape index (κ3) is 6.61. The Kier molecular flexibility index (Phi) is 7.89. The van der Waals surface area contributed by atoms with Crippen molar-refractivity contribution in [2.75, 3.05) is 12.4 Å². The van der Waals surface area contributed by atoms with Crippen LogP contribution in [0.2, 0.25) is 0 Å². The lowest BCUT2D eigenvalue weighted by Gasteiger charge is -2.20. The summed E-state index contributed by atoms with van der Waals surface area (Å²) in [6, 6.07) is 6.13. The number of allylic oxidation sites excluding steroid dienone is 2. The number of methoxy groups -OCH3 is 1. The Bertz CT molecular complexity index is 1240. The van der Waals surface area contributed by atoms with Gasteiger partial charge < -0.3 is 9.47 Å². The van der Waals surface area contributed by atoms with E-state index in [1.165, 1.54) is 11.3 Å². The van der Waals surface area contributed by atoms with Crippen LogP contribution in [-0.2, 0) is 16.0 Å². The molecule has 0 bridgehead atoms. The van der Waals surface area contributed by atoms with Gasteiger partial charge in [-0.05, 0) is 61.1 Å². The topological polar surface area (TPSA) is 99.1 Å². The molecule has 4 rings (SSSR count). The molecule has 0 saturated carbocycles. The quantitative estimate of drug-likeness (QED) is 0.409. The number of halogens is 4. The summed E-state index contributed by atoms with van der Waals surface area (Å²) >= 11 is 1.17. The highest BCUT2D eigenvalue weighted by Gasteiger charge is 2.32. The van der Waals surface area contributed by atoms with Crippen LogP contribution in [0.4, 0.5) is 22.7 Å². The van der Waals surface area contributed by atoms with E-state index in [0.717, 1.165) is 55.8 Å². The van der Waals surface area contributed by atoms with Gasteiger partial charge in [-0.2, -0.15) is 10.2 Å². The molecular formula is C23H21F4N5O3S. The van der Waals surface area contributed by atoms with Gasteiger partial charge in [0.05, 0.1) is 5.69 Å². The number of carbonyl (C=O) groups excluding carboxylic acids is 1. The van der Waals surface area contributed by atoms with E-state index < -0.39 is 35.5 Å². The molecule has 0 spiro atoms. The number of benzene rings is 1. The number of carbonyl (C=O) groups is 1. The summed E-state index contributed by atoms with van der Waals surface area (Å²) in [4.78, 5) is 12.7. The van der Waals surface area contributed by atoms with Gasteiger partial charge >= 0.3 is 6.36 Å². The van der Waals surface area contributed by atoms with Crippen LogP contribution in [0.1, 0.15) is 41.6 Å². The Hall–Kier alpha value is -3.45. The van der Waals surface area contributed by atoms with Gasteiger partial charge in [-0.15, -0.1) is 23.4 Å². The number of ether oxygens (including phenoxy) is 2. The molecule has 1 aromatic carbocycles. The summed E-state index contributed by atoms with van der Waals surface area (Å²) in [5, 5.41) is 19.5. The van der Waals surface area contributed by atoms with Gasteiger partial charge in [-0.3, -0.25) is 10.1 Å². The molecule has 1 aliphatic carbocycles. The maximum Gasteiger partial charge on any atom is 0.573 e. The number of alkyl halides is 3. The lowest BCUT2D eigenvalue weighted by molar-refractivity contribution is -0.274.